The molecule has 1 atom stereocenters. The first-order chi connectivity index (χ1) is 9.74. The molecule has 1 aromatic rings. The lowest BCUT2D eigenvalue weighted by Gasteiger charge is -2.44. The van der Waals surface area contributed by atoms with Crippen molar-refractivity contribution in [3.63, 3.8) is 0 Å². The maximum Gasteiger partial charge on any atom is 0.326 e. The van der Waals surface area contributed by atoms with Crippen molar-refractivity contribution in [1.29, 1.82) is 0 Å². The highest BCUT2D eigenvalue weighted by Gasteiger charge is 2.44. The Kier molecular flexibility index (Phi) is 3.85. The van der Waals surface area contributed by atoms with Crippen molar-refractivity contribution in [3.8, 4) is 0 Å². The summed E-state index contributed by atoms with van der Waals surface area (Å²) < 4.78 is 13.5. The predicted molar refractivity (Wildman–Crippen MR) is 74.8 cm³/mol. The summed E-state index contributed by atoms with van der Waals surface area (Å²) in [7, 11) is 0. The van der Waals surface area contributed by atoms with Crippen LogP contribution in [0.5, 0.6) is 0 Å². The number of aliphatic carboxylic acids is 1. The lowest BCUT2D eigenvalue weighted by Crippen LogP contribution is -2.54. The minimum atomic E-state index is -1.06. The molecule has 0 radical (unpaired) electrons. The molecular weight excluding hydrogens is 279 g/mol. The van der Waals surface area contributed by atoms with Crippen molar-refractivity contribution in [2.24, 2.45) is 5.41 Å². The van der Waals surface area contributed by atoms with Gasteiger partial charge in [-0.3, -0.25) is 10.1 Å². The molecule has 0 saturated carbocycles. The van der Waals surface area contributed by atoms with Crippen molar-refractivity contribution in [2.75, 3.05) is 11.4 Å². The van der Waals surface area contributed by atoms with Gasteiger partial charge in [-0.15, -0.1) is 0 Å². The number of benzene rings is 1. The molecule has 1 heterocycles. The number of rotatable bonds is 3. The second kappa shape index (κ2) is 5.31. The monoisotopic (exact) mass is 296 g/mol. The van der Waals surface area contributed by atoms with Crippen LogP contribution in [0.25, 0.3) is 0 Å². The molecule has 1 aromatic carbocycles. The zero-order valence-electron chi connectivity index (χ0n) is 11.9. The first kappa shape index (κ1) is 15.2. The highest BCUT2D eigenvalue weighted by Crippen LogP contribution is 2.41. The van der Waals surface area contributed by atoms with Gasteiger partial charge in [-0.1, -0.05) is 13.8 Å². The summed E-state index contributed by atoms with van der Waals surface area (Å²) in [5.74, 6) is -1.68. The number of anilines is 1. The number of nitro benzene ring substituents is 1. The third-order valence-electron chi connectivity index (χ3n) is 3.95. The summed E-state index contributed by atoms with van der Waals surface area (Å²) in [5, 5.41) is 20.6. The molecule has 1 N–H and O–H groups in total. The molecule has 0 aromatic heterocycles. The van der Waals surface area contributed by atoms with Gasteiger partial charge >= 0.3 is 5.97 Å². The normalized spacial score (nSPS) is 21.1. The number of nitrogens with zero attached hydrogens (tertiary/aromatic N) is 2. The predicted octanol–water partition coefficient (Wildman–Crippen LogP) is 2.81. The van der Waals surface area contributed by atoms with Crippen LogP contribution in [0.2, 0.25) is 0 Å². The van der Waals surface area contributed by atoms with Gasteiger partial charge < -0.3 is 10.0 Å². The van der Waals surface area contributed by atoms with Crippen molar-refractivity contribution in [3.05, 3.63) is 34.1 Å². The second-order valence-corrected chi connectivity index (χ2v) is 5.92. The Labute approximate surface area is 121 Å². The van der Waals surface area contributed by atoms with E-state index in [-0.39, 0.29) is 11.4 Å². The Morgan fingerprint density at radius 2 is 2.19 bits per heavy atom. The van der Waals surface area contributed by atoms with E-state index in [0.29, 0.717) is 19.4 Å². The van der Waals surface area contributed by atoms with Gasteiger partial charge in [0.05, 0.1) is 4.92 Å². The molecule has 0 spiro atoms. The summed E-state index contributed by atoms with van der Waals surface area (Å²) in [6.07, 6.45) is 1.40. The van der Waals surface area contributed by atoms with Gasteiger partial charge in [-0.05, 0) is 24.3 Å². The maximum atomic E-state index is 13.5. The molecule has 114 valence electrons. The van der Waals surface area contributed by atoms with Crippen LogP contribution in [0, 0.1) is 21.3 Å². The van der Waals surface area contributed by atoms with E-state index >= 15 is 0 Å². The van der Waals surface area contributed by atoms with E-state index in [9.17, 15) is 24.4 Å². The molecule has 1 unspecified atom stereocenters. The molecule has 1 aliphatic heterocycles. The smallest absolute Gasteiger partial charge is 0.326 e. The lowest BCUT2D eigenvalue weighted by molar-refractivity contribution is -0.384. The van der Waals surface area contributed by atoms with E-state index in [1.165, 1.54) is 4.90 Å². The van der Waals surface area contributed by atoms with Crippen LogP contribution in [0.3, 0.4) is 0 Å². The first-order valence-electron chi connectivity index (χ1n) is 6.67. The van der Waals surface area contributed by atoms with Crippen molar-refractivity contribution >= 4 is 17.3 Å². The largest absolute Gasteiger partial charge is 0.480 e. The fraction of sp³-hybridized carbons (Fsp3) is 0.500. The summed E-state index contributed by atoms with van der Waals surface area (Å²) in [4.78, 5) is 23.6. The number of carboxylic acids is 1. The van der Waals surface area contributed by atoms with E-state index < -0.39 is 28.2 Å². The molecule has 1 fully saturated rings. The van der Waals surface area contributed by atoms with Crippen molar-refractivity contribution in [1.82, 2.24) is 0 Å². The molecule has 0 aliphatic carbocycles. The van der Waals surface area contributed by atoms with Gasteiger partial charge in [0.15, 0.2) is 0 Å². The molecular formula is C14H17FN2O4. The van der Waals surface area contributed by atoms with Crippen LogP contribution >= 0.6 is 0 Å². The second-order valence-electron chi connectivity index (χ2n) is 5.92. The van der Waals surface area contributed by atoms with Gasteiger partial charge in [0.1, 0.15) is 17.5 Å². The molecule has 1 aliphatic rings. The summed E-state index contributed by atoms with van der Waals surface area (Å²) in [6, 6.07) is 2.19. The average molecular weight is 296 g/mol. The number of carboxylic acid groups (broad SMARTS) is 1. The molecule has 2 rings (SSSR count). The fourth-order valence-electron chi connectivity index (χ4n) is 3.00. The first-order valence-corrected chi connectivity index (χ1v) is 6.67. The zero-order chi connectivity index (χ0) is 15.8. The highest BCUT2D eigenvalue weighted by atomic mass is 19.1. The zero-order valence-corrected chi connectivity index (χ0v) is 11.9. The third kappa shape index (κ3) is 2.81. The molecule has 1 saturated heterocycles. The van der Waals surface area contributed by atoms with Gasteiger partial charge in [0.2, 0.25) is 0 Å². The molecule has 0 amide bonds. The Balaban J connectivity index is 2.55. The number of halogens is 1. The number of nitro groups is 1. The summed E-state index contributed by atoms with van der Waals surface area (Å²) in [6.45, 7) is 3.97. The van der Waals surface area contributed by atoms with E-state index in [1.807, 2.05) is 13.8 Å². The molecule has 21 heavy (non-hydrogen) atoms. The van der Waals surface area contributed by atoms with E-state index in [4.69, 9.17) is 0 Å². The van der Waals surface area contributed by atoms with Crippen molar-refractivity contribution in [2.45, 2.75) is 32.7 Å². The van der Waals surface area contributed by atoms with Crippen LogP contribution in [0.1, 0.15) is 26.7 Å². The standard InChI is InChI=1S/C14H17FN2O4/c1-14(2)6-3-7-16(12(14)13(18)19)11-8-9(15)4-5-10(11)17(20)21/h4-5,8,12H,3,6-7H2,1-2H3,(H,18,19). The Morgan fingerprint density at radius 3 is 2.76 bits per heavy atom. The van der Waals surface area contributed by atoms with Gasteiger partial charge in [0.25, 0.3) is 5.69 Å². The molecule has 0 bridgehead atoms. The number of hydrogen-bond acceptors (Lipinski definition) is 4. The maximum absolute atomic E-state index is 13.5. The van der Waals surface area contributed by atoms with E-state index in [0.717, 1.165) is 18.2 Å². The third-order valence-corrected chi connectivity index (χ3v) is 3.95. The minimum absolute atomic E-state index is 0.0279. The Bertz CT molecular complexity index is 588. The molecule has 6 nitrogen and oxygen atoms in total. The summed E-state index contributed by atoms with van der Waals surface area (Å²) in [5.41, 5.74) is -0.801. The van der Waals surface area contributed by atoms with Gasteiger partial charge in [-0.25, -0.2) is 9.18 Å². The Hall–Kier alpha value is -2.18. The van der Waals surface area contributed by atoms with Crippen molar-refractivity contribution < 1.29 is 19.2 Å². The SMILES string of the molecule is CC1(C)CCCN(c2cc(F)ccc2[N+](=O)[O-])C1C(=O)O. The fourth-order valence-corrected chi connectivity index (χ4v) is 3.00. The van der Waals surface area contributed by atoms with Gasteiger partial charge in [0, 0.05) is 18.7 Å². The lowest BCUT2D eigenvalue weighted by atomic mass is 9.76. The quantitative estimate of drug-likeness (QED) is 0.685. The Morgan fingerprint density at radius 1 is 1.52 bits per heavy atom. The van der Waals surface area contributed by atoms with Crippen LogP contribution in [-0.4, -0.2) is 28.6 Å². The van der Waals surface area contributed by atoms with Crippen LogP contribution < -0.4 is 4.90 Å². The summed E-state index contributed by atoms with van der Waals surface area (Å²) >= 11 is 0. The average Bonchev–Trinajstić information content (AvgIpc) is 2.36. The number of piperidine rings is 1. The van der Waals surface area contributed by atoms with E-state index in [1.54, 1.807) is 0 Å². The minimum Gasteiger partial charge on any atom is -0.480 e. The van der Waals surface area contributed by atoms with Crippen LogP contribution in [-0.2, 0) is 4.79 Å². The number of carbonyl (C=O) groups is 1. The highest BCUT2D eigenvalue weighted by molar-refractivity contribution is 5.81. The number of hydrogen-bond donors (Lipinski definition) is 1. The van der Waals surface area contributed by atoms with E-state index in [2.05, 4.69) is 0 Å². The van der Waals surface area contributed by atoms with Crippen LogP contribution in [0.4, 0.5) is 15.8 Å². The molecule has 7 heteroatoms. The topological polar surface area (TPSA) is 83.7 Å². The van der Waals surface area contributed by atoms with Gasteiger partial charge in [-0.2, -0.15) is 0 Å². The van der Waals surface area contributed by atoms with Crippen LogP contribution in [0.15, 0.2) is 18.2 Å².